The highest BCUT2D eigenvalue weighted by Crippen LogP contribution is 2.30. The predicted molar refractivity (Wildman–Crippen MR) is 66.4 cm³/mol. The molecule has 0 amide bonds. The topological polar surface area (TPSA) is 12.4 Å². The lowest BCUT2D eigenvalue weighted by atomic mass is 10.3. The van der Waals surface area contributed by atoms with Gasteiger partial charge in [0.15, 0.2) is 3.72 Å². The standard InChI is InChI=1S/C8H4BrClF2IN/c9-8(11,12)7(13)14-6-3-1-2-5(10)4-6/h1-4H. The molecule has 0 radical (unpaired) electrons. The lowest BCUT2D eigenvalue weighted by molar-refractivity contribution is 0.198. The molecule has 0 saturated carbocycles. The van der Waals surface area contributed by atoms with Crippen LogP contribution in [-0.2, 0) is 0 Å². The molecule has 0 spiro atoms. The maximum absolute atomic E-state index is 12.6. The fourth-order valence-electron chi connectivity index (χ4n) is 0.722. The van der Waals surface area contributed by atoms with Crippen LogP contribution in [0, 0.1) is 0 Å². The molecule has 0 heterocycles. The fraction of sp³-hybridized carbons (Fsp3) is 0.125. The van der Waals surface area contributed by atoms with E-state index in [1.54, 1.807) is 18.2 Å². The Morgan fingerprint density at radius 1 is 1.50 bits per heavy atom. The fourth-order valence-corrected chi connectivity index (χ4v) is 1.27. The number of hydrogen-bond donors (Lipinski definition) is 0. The molecule has 0 aliphatic heterocycles. The molecule has 14 heavy (non-hydrogen) atoms. The summed E-state index contributed by atoms with van der Waals surface area (Å²) in [5.41, 5.74) is 0.404. The van der Waals surface area contributed by atoms with Crippen LogP contribution < -0.4 is 0 Å². The van der Waals surface area contributed by atoms with Crippen molar-refractivity contribution in [2.45, 2.75) is 4.83 Å². The first-order valence-corrected chi connectivity index (χ1v) is 5.71. The average molecular weight is 394 g/mol. The van der Waals surface area contributed by atoms with Gasteiger partial charge in [0.1, 0.15) is 0 Å². The second-order valence-electron chi connectivity index (χ2n) is 2.38. The number of benzene rings is 1. The molecule has 0 atom stereocenters. The zero-order valence-electron chi connectivity index (χ0n) is 6.65. The van der Waals surface area contributed by atoms with Crippen molar-refractivity contribution in [1.82, 2.24) is 0 Å². The van der Waals surface area contributed by atoms with Crippen molar-refractivity contribution in [3.8, 4) is 0 Å². The van der Waals surface area contributed by atoms with Crippen LogP contribution in [0.1, 0.15) is 0 Å². The smallest absolute Gasteiger partial charge is 0.240 e. The van der Waals surface area contributed by atoms with Crippen LogP contribution >= 0.6 is 50.1 Å². The van der Waals surface area contributed by atoms with Gasteiger partial charge in [-0.25, -0.2) is 4.99 Å². The van der Waals surface area contributed by atoms with Crippen molar-refractivity contribution in [3.05, 3.63) is 29.3 Å². The summed E-state index contributed by atoms with van der Waals surface area (Å²) < 4.78 is 25.0. The van der Waals surface area contributed by atoms with E-state index in [0.717, 1.165) is 0 Å². The van der Waals surface area contributed by atoms with E-state index in [1.165, 1.54) is 28.7 Å². The molecule has 0 N–H and O–H groups in total. The molecule has 1 aromatic carbocycles. The summed E-state index contributed by atoms with van der Waals surface area (Å²) in [7, 11) is 0. The van der Waals surface area contributed by atoms with Gasteiger partial charge in [0.05, 0.1) is 5.69 Å². The van der Waals surface area contributed by atoms with Gasteiger partial charge in [-0.15, -0.1) is 0 Å². The maximum Gasteiger partial charge on any atom is 0.348 e. The van der Waals surface area contributed by atoms with Gasteiger partial charge in [-0.2, -0.15) is 8.78 Å². The normalized spacial score (nSPS) is 13.1. The van der Waals surface area contributed by atoms with Gasteiger partial charge < -0.3 is 0 Å². The van der Waals surface area contributed by atoms with Crippen LogP contribution in [0.3, 0.4) is 0 Å². The zero-order valence-corrected chi connectivity index (χ0v) is 11.1. The zero-order chi connectivity index (χ0) is 10.8. The molecule has 0 saturated heterocycles. The average Bonchev–Trinajstić information content (AvgIpc) is 2.02. The molecule has 6 heteroatoms. The molecule has 1 rings (SSSR count). The van der Waals surface area contributed by atoms with Crippen molar-refractivity contribution in [2.24, 2.45) is 4.99 Å². The van der Waals surface area contributed by atoms with E-state index in [0.29, 0.717) is 10.7 Å². The molecule has 0 bridgehead atoms. The Bertz CT molecular complexity index is 365. The molecule has 0 aliphatic carbocycles. The summed E-state index contributed by atoms with van der Waals surface area (Å²) in [6.45, 7) is 0. The van der Waals surface area contributed by atoms with Crippen LogP contribution in [0.15, 0.2) is 29.3 Å². The monoisotopic (exact) mass is 393 g/mol. The Balaban J connectivity index is 2.98. The van der Waals surface area contributed by atoms with Gasteiger partial charge >= 0.3 is 4.83 Å². The van der Waals surface area contributed by atoms with Gasteiger partial charge in [-0.3, -0.25) is 0 Å². The highest BCUT2D eigenvalue weighted by molar-refractivity contribution is 14.1. The van der Waals surface area contributed by atoms with Gasteiger partial charge in [0.2, 0.25) is 0 Å². The second kappa shape index (κ2) is 4.85. The van der Waals surface area contributed by atoms with Crippen molar-refractivity contribution < 1.29 is 8.78 Å². The predicted octanol–water partition coefficient (Wildman–Crippen LogP) is 4.79. The summed E-state index contributed by atoms with van der Waals surface area (Å²) >= 11 is 9.36. The first-order chi connectivity index (χ1) is 6.39. The van der Waals surface area contributed by atoms with Crippen molar-refractivity contribution in [2.75, 3.05) is 0 Å². The van der Waals surface area contributed by atoms with Crippen LogP contribution in [0.2, 0.25) is 5.02 Å². The molecule has 0 aliphatic rings. The molecular weight excluding hydrogens is 390 g/mol. The summed E-state index contributed by atoms with van der Waals surface area (Å²) in [6.07, 6.45) is 0. The van der Waals surface area contributed by atoms with E-state index < -0.39 is 4.83 Å². The summed E-state index contributed by atoms with van der Waals surface area (Å²) in [5, 5.41) is 0.466. The van der Waals surface area contributed by atoms with Gasteiger partial charge in [-0.1, -0.05) is 17.7 Å². The van der Waals surface area contributed by atoms with E-state index in [4.69, 9.17) is 11.6 Å². The minimum atomic E-state index is -3.09. The largest absolute Gasteiger partial charge is 0.348 e. The van der Waals surface area contributed by atoms with E-state index >= 15 is 0 Å². The Morgan fingerprint density at radius 3 is 2.64 bits per heavy atom. The van der Waals surface area contributed by atoms with Crippen LogP contribution in [-0.4, -0.2) is 8.55 Å². The molecule has 1 nitrogen and oxygen atoms in total. The molecular formula is C8H4BrClF2IN. The first-order valence-electron chi connectivity index (χ1n) is 3.46. The van der Waals surface area contributed by atoms with Gasteiger partial charge in [0.25, 0.3) is 0 Å². The van der Waals surface area contributed by atoms with Crippen molar-refractivity contribution in [3.63, 3.8) is 0 Å². The number of nitrogens with zero attached hydrogens (tertiary/aromatic N) is 1. The second-order valence-corrected chi connectivity index (χ2v) is 4.83. The maximum atomic E-state index is 12.6. The highest BCUT2D eigenvalue weighted by atomic mass is 127. The van der Waals surface area contributed by atoms with Gasteiger partial charge in [0, 0.05) is 5.02 Å². The van der Waals surface area contributed by atoms with E-state index in [-0.39, 0.29) is 3.72 Å². The van der Waals surface area contributed by atoms with E-state index in [2.05, 4.69) is 20.9 Å². The highest BCUT2D eigenvalue weighted by Gasteiger charge is 2.29. The minimum Gasteiger partial charge on any atom is -0.240 e. The van der Waals surface area contributed by atoms with Crippen molar-refractivity contribution >= 4 is 59.5 Å². The first kappa shape index (κ1) is 12.3. The molecule has 0 aromatic heterocycles. The lowest BCUT2D eigenvalue weighted by Gasteiger charge is -2.05. The molecule has 1 aromatic rings. The lowest BCUT2D eigenvalue weighted by Crippen LogP contribution is -2.13. The molecule has 76 valence electrons. The minimum absolute atomic E-state index is 0.336. The van der Waals surface area contributed by atoms with E-state index in [1.807, 2.05) is 0 Å². The number of hydrogen-bond acceptors (Lipinski definition) is 1. The van der Waals surface area contributed by atoms with Crippen LogP contribution in [0.4, 0.5) is 14.5 Å². The Labute approximate surface area is 107 Å². The van der Waals surface area contributed by atoms with Crippen LogP contribution in [0.25, 0.3) is 0 Å². The Kier molecular flexibility index (Phi) is 4.27. The third kappa shape index (κ3) is 3.78. The van der Waals surface area contributed by atoms with E-state index in [9.17, 15) is 8.78 Å². The third-order valence-electron chi connectivity index (χ3n) is 1.27. The van der Waals surface area contributed by atoms with Crippen molar-refractivity contribution in [1.29, 1.82) is 0 Å². The van der Waals surface area contributed by atoms with Crippen LogP contribution in [0.5, 0.6) is 0 Å². The Morgan fingerprint density at radius 2 is 2.14 bits per heavy atom. The number of rotatable bonds is 2. The quantitative estimate of drug-likeness (QED) is 0.389. The summed E-state index contributed by atoms with van der Waals surface area (Å²) in [5.74, 6) is 0. The SMILES string of the molecule is FC(F)(Br)C(I)=Nc1cccc(Cl)c1. The molecule has 0 unspecified atom stereocenters. The third-order valence-corrected chi connectivity index (χ3v) is 3.54. The summed E-state index contributed by atoms with van der Waals surface area (Å²) in [4.78, 5) is 0.626. The number of alkyl halides is 3. The number of halogens is 5. The summed E-state index contributed by atoms with van der Waals surface area (Å²) in [6, 6.07) is 6.42. The molecule has 0 fully saturated rings. The Hall–Kier alpha value is 0.250. The number of aliphatic imine (C=N–C) groups is 1. The van der Waals surface area contributed by atoms with Gasteiger partial charge in [-0.05, 0) is 56.7 Å².